The summed E-state index contributed by atoms with van der Waals surface area (Å²) in [5.41, 5.74) is 0.625. The largest absolute Gasteiger partial charge is 0.490 e. The number of hydrogen-bond acceptors (Lipinski definition) is 8. The second kappa shape index (κ2) is 12.4. The van der Waals surface area contributed by atoms with E-state index in [1.165, 1.54) is 42.5 Å². The van der Waals surface area contributed by atoms with Crippen LogP contribution in [0.25, 0.3) is 0 Å². The quantitative estimate of drug-likeness (QED) is 0.417. The number of hydrogen-bond donors (Lipinski definition) is 1. The molecule has 0 unspecified atom stereocenters. The molecule has 1 saturated carbocycles. The topological polar surface area (TPSA) is 114 Å². The van der Waals surface area contributed by atoms with E-state index < -0.39 is 45.7 Å². The van der Waals surface area contributed by atoms with Crippen LogP contribution in [0, 0.1) is 11.8 Å². The van der Waals surface area contributed by atoms with Crippen molar-refractivity contribution >= 4 is 39.3 Å². The number of rotatable bonds is 1. The Morgan fingerprint density at radius 2 is 2.00 bits per heavy atom. The Bertz CT molecular complexity index is 1750. The zero-order valence-electron chi connectivity index (χ0n) is 28.5. The highest BCUT2D eigenvalue weighted by Crippen LogP contribution is 2.47. The number of carbonyl (C=O) groups excluding carboxylic acids is 2. The van der Waals surface area contributed by atoms with Gasteiger partial charge in [0.15, 0.2) is 0 Å². The zero-order chi connectivity index (χ0) is 34.6. The Morgan fingerprint density at radius 1 is 1.20 bits per heavy atom. The van der Waals surface area contributed by atoms with Crippen LogP contribution in [0.5, 0.6) is 5.75 Å². The van der Waals surface area contributed by atoms with E-state index in [1.807, 2.05) is 12.1 Å². The van der Waals surface area contributed by atoms with Gasteiger partial charge >= 0.3 is 6.09 Å². The molecule has 12 heteroatoms. The molecule has 1 fully saturated rings. The highest BCUT2D eigenvalue weighted by atomic mass is 35.5. The molecule has 6 rings (SSSR count). The minimum absolute atomic E-state index is 0.0157. The van der Waals surface area contributed by atoms with Crippen LogP contribution in [-0.2, 0) is 36.1 Å². The molecular formula is C34H42ClN3O7S. The molecule has 1 spiro atoms. The minimum Gasteiger partial charge on any atom is -0.490 e. The SMILES string of the molecule is [2H]C1([2H])C=C[C@H](OC(=O)N(C)C)[C@@H]2CC[C@H]2CN2C[C@@]3(CCCc4cc(Cl)ccc43)COc3ccc(cc32)S(=O)(=O)NC(=O)C(C)(C)O1. The zero-order valence-corrected chi connectivity index (χ0v) is 28.1. The molecule has 248 valence electrons. The lowest BCUT2D eigenvalue weighted by atomic mass is 9.68. The van der Waals surface area contributed by atoms with Crippen molar-refractivity contribution in [2.24, 2.45) is 11.8 Å². The van der Waals surface area contributed by atoms with Gasteiger partial charge in [-0.3, -0.25) is 4.79 Å². The van der Waals surface area contributed by atoms with E-state index in [0.29, 0.717) is 36.2 Å². The molecule has 2 bridgehead atoms. The third-order valence-corrected chi connectivity index (χ3v) is 11.3. The third kappa shape index (κ3) is 6.33. The molecule has 1 N–H and O–H groups in total. The Hall–Kier alpha value is -3.28. The monoisotopic (exact) mass is 673 g/mol. The van der Waals surface area contributed by atoms with Gasteiger partial charge in [-0.05, 0) is 99.4 Å². The van der Waals surface area contributed by atoms with Crippen molar-refractivity contribution in [1.29, 1.82) is 0 Å². The summed E-state index contributed by atoms with van der Waals surface area (Å²) >= 11 is 6.40. The van der Waals surface area contributed by atoms with Gasteiger partial charge in [-0.25, -0.2) is 17.9 Å². The van der Waals surface area contributed by atoms with Crippen LogP contribution in [0.4, 0.5) is 10.5 Å². The lowest BCUT2D eigenvalue weighted by Crippen LogP contribution is -2.50. The Morgan fingerprint density at radius 3 is 2.74 bits per heavy atom. The van der Waals surface area contributed by atoms with Crippen LogP contribution in [0.2, 0.25) is 5.02 Å². The second-order valence-electron chi connectivity index (χ2n) is 13.5. The average molecular weight is 674 g/mol. The van der Waals surface area contributed by atoms with Crippen LogP contribution >= 0.6 is 11.6 Å². The molecule has 0 saturated heterocycles. The van der Waals surface area contributed by atoms with Gasteiger partial charge in [0, 0.05) is 43.5 Å². The Labute approximate surface area is 278 Å². The van der Waals surface area contributed by atoms with Gasteiger partial charge in [0.25, 0.3) is 15.9 Å². The molecule has 2 aromatic carbocycles. The smallest absolute Gasteiger partial charge is 0.409 e. The number of nitrogens with zero attached hydrogens (tertiary/aromatic N) is 2. The molecule has 10 nitrogen and oxygen atoms in total. The highest BCUT2D eigenvalue weighted by Gasteiger charge is 2.45. The number of fused-ring (bicyclic) bond motifs is 4. The molecule has 2 aromatic rings. The van der Waals surface area contributed by atoms with Crippen LogP contribution in [0.15, 0.2) is 53.4 Å². The van der Waals surface area contributed by atoms with Gasteiger partial charge in [-0.15, -0.1) is 0 Å². The van der Waals surface area contributed by atoms with E-state index >= 15 is 0 Å². The van der Waals surface area contributed by atoms with Crippen molar-refractivity contribution in [1.82, 2.24) is 9.62 Å². The number of amides is 2. The second-order valence-corrected chi connectivity index (χ2v) is 15.6. The molecule has 0 aromatic heterocycles. The minimum atomic E-state index is -4.39. The van der Waals surface area contributed by atoms with E-state index in [0.717, 1.165) is 43.7 Å². The molecule has 4 aliphatic rings. The van der Waals surface area contributed by atoms with E-state index in [9.17, 15) is 18.0 Å². The lowest BCUT2D eigenvalue weighted by molar-refractivity contribution is -0.139. The first-order valence-electron chi connectivity index (χ1n) is 16.6. The number of ether oxygens (including phenoxy) is 3. The fraction of sp³-hybridized carbons (Fsp3) is 0.529. The molecule has 2 aliphatic heterocycles. The van der Waals surface area contributed by atoms with Gasteiger partial charge in [-0.2, -0.15) is 0 Å². The first kappa shape index (κ1) is 30.1. The maximum atomic E-state index is 13.6. The highest BCUT2D eigenvalue weighted by molar-refractivity contribution is 7.90. The molecule has 46 heavy (non-hydrogen) atoms. The Balaban J connectivity index is 1.46. The van der Waals surface area contributed by atoms with Crippen molar-refractivity contribution < 1.29 is 35.0 Å². The number of carbonyl (C=O) groups is 2. The normalized spacial score (nSPS) is 30.2. The first-order valence-corrected chi connectivity index (χ1v) is 17.5. The summed E-state index contributed by atoms with van der Waals surface area (Å²) in [6, 6.07) is 10.5. The van der Waals surface area contributed by atoms with Crippen LogP contribution in [0.3, 0.4) is 0 Å². The maximum absolute atomic E-state index is 13.6. The van der Waals surface area contributed by atoms with Gasteiger partial charge in [0.2, 0.25) is 0 Å². The summed E-state index contributed by atoms with van der Waals surface area (Å²) in [6.45, 7) is 1.51. The van der Waals surface area contributed by atoms with Crippen molar-refractivity contribution in [2.45, 2.75) is 68.0 Å². The summed E-state index contributed by atoms with van der Waals surface area (Å²) < 4.78 is 64.3. The van der Waals surface area contributed by atoms with Crippen LogP contribution in [-0.4, -0.2) is 77.4 Å². The average Bonchev–Trinajstić information content (AvgIpc) is 3.13. The van der Waals surface area contributed by atoms with Gasteiger partial charge in [0.05, 0.1) is 26.5 Å². The Kier molecular flexibility index (Phi) is 8.10. The van der Waals surface area contributed by atoms with Crippen molar-refractivity contribution in [3.8, 4) is 5.75 Å². The lowest BCUT2D eigenvalue weighted by Gasteiger charge is -2.46. The third-order valence-electron chi connectivity index (χ3n) is 9.72. The summed E-state index contributed by atoms with van der Waals surface area (Å²) in [6.07, 6.45) is 5.52. The van der Waals surface area contributed by atoms with Gasteiger partial charge in [0.1, 0.15) is 17.5 Å². The number of sulfonamides is 1. The number of anilines is 1. The predicted octanol–water partition coefficient (Wildman–Crippen LogP) is 5.08. The van der Waals surface area contributed by atoms with Crippen molar-refractivity contribution in [3.05, 3.63) is 64.7 Å². The van der Waals surface area contributed by atoms with Crippen molar-refractivity contribution in [2.75, 3.05) is 45.3 Å². The first-order chi connectivity index (χ1) is 22.5. The molecule has 2 amide bonds. The fourth-order valence-electron chi connectivity index (χ4n) is 6.95. The molecule has 2 aliphatic carbocycles. The van der Waals surface area contributed by atoms with E-state index in [2.05, 4.69) is 15.7 Å². The molecule has 4 atom stereocenters. The van der Waals surface area contributed by atoms with E-state index in [4.69, 9.17) is 28.6 Å². The summed E-state index contributed by atoms with van der Waals surface area (Å²) in [7, 11) is -1.22. The van der Waals surface area contributed by atoms with Crippen molar-refractivity contribution in [3.63, 3.8) is 0 Å². The summed E-state index contributed by atoms with van der Waals surface area (Å²) in [5.74, 6) is -0.649. The van der Waals surface area contributed by atoms with Gasteiger partial charge < -0.3 is 24.0 Å². The van der Waals surface area contributed by atoms with E-state index in [-0.39, 0.29) is 16.7 Å². The van der Waals surface area contributed by atoms with Crippen LogP contribution < -0.4 is 14.4 Å². The standard InChI is InChI=1S/C34H42ClN3O7S/c1-33(2)31(39)36-46(41,42)25-11-14-30-28(18-25)38(20-34(21-43-30)15-5-7-22-17-24(35)10-13-27(22)34)19-23-9-12-26(23)29(8-6-16-44-33)45-32(40)37(3)4/h6,8,10-11,13-14,17-18,23,26,29H,5,7,9,12,15-16,19-21H2,1-4H3,(H,36,39)/t23-,26+,29-,34-/m0/s1/i16D2. The van der Waals surface area contributed by atoms with Gasteiger partial charge in [-0.1, -0.05) is 23.7 Å². The van der Waals surface area contributed by atoms with E-state index in [1.54, 1.807) is 20.2 Å². The number of halogens is 1. The molecule has 2 heterocycles. The maximum Gasteiger partial charge on any atom is 0.409 e. The molecule has 0 radical (unpaired) electrons. The number of nitrogens with one attached hydrogen (secondary N) is 1. The number of benzene rings is 2. The predicted molar refractivity (Wildman–Crippen MR) is 175 cm³/mol. The van der Waals surface area contributed by atoms with Crippen LogP contribution in [0.1, 0.15) is 53.4 Å². The summed E-state index contributed by atoms with van der Waals surface area (Å²) in [4.78, 5) is 29.4. The summed E-state index contributed by atoms with van der Waals surface area (Å²) in [5, 5.41) is 0.673. The molecular weight excluding hydrogens is 630 g/mol. The number of aryl methyl sites for hydroxylation is 1. The fourth-order valence-corrected chi connectivity index (χ4v) is 8.27.